The highest BCUT2D eigenvalue weighted by Crippen LogP contribution is 2.11. The van der Waals surface area contributed by atoms with E-state index in [1.165, 1.54) is 12.1 Å². The van der Waals surface area contributed by atoms with Gasteiger partial charge in [0, 0.05) is 0 Å². The number of nitrogens with two attached hydrogens (primary N) is 2. The molecule has 2 amide bonds. The van der Waals surface area contributed by atoms with Crippen molar-refractivity contribution in [3.8, 4) is 5.75 Å². The Morgan fingerprint density at radius 2 is 1.76 bits per heavy atom. The van der Waals surface area contributed by atoms with Crippen LogP contribution in [0.25, 0.3) is 0 Å². The van der Waals surface area contributed by atoms with Crippen LogP contribution in [0.3, 0.4) is 0 Å². The maximum Gasteiger partial charge on any atom is 0.326 e. The summed E-state index contributed by atoms with van der Waals surface area (Å²) in [6, 6.07) is 3.71. The monoisotopic (exact) mass is 295 g/mol. The molecule has 8 nitrogen and oxygen atoms in total. The minimum absolute atomic E-state index is 0.0872. The van der Waals surface area contributed by atoms with Crippen molar-refractivity contribution in [2.24, 2.45) is 11.5 Å². The van der Waals surface area contributed by atoms with Gasteiger partial charge in [-0.05, 0) is 24.1 Å². The van der Waals surface area contributed by atoms with Crippen LogP contribution in [0.1, 0.15) is 12.0 Å². The van der Waals surface area contributed by atoms with Crippen LogP contribution < -0.4 is 16.8 Å². The number of benzene rings is 1. The SMILES string of the molecule is NC(=O)CC(NC(=O)[C@H](N)Cc1ccc(O)cc1)C(=O)O. The first-order valence-electron chi connectivity index (χ1n) is 6.14. The van der Waals surface area contributed by atoms with Crippen molar-refractivity contribution in [2.75, 3.05) is 0 Å². The van der Waals surface area contributed by atoms with E-state index in [0.29, 0.717) is 5.56 Å². The number of carbonyl (C=O) groups is 3. The van der Waals surface area contributed by atoms with Gasteiger partial charge in [0.1, 0.15) is 11.8 Å². The summed E-state index contributed by atoms with van der Waals surface area (Å²) in [5, 5.41) is 20.2. The van der Waals surface area contributed by atoms with Crippen LogP contribution in [0, 0.1) is 0 Å². The zero-order valence-corrected chi connectivity index (χ0v) is 11.2. The third-order valence-corrected chi connectivity index (χ3v) is 2.75. The molecule has 0 aliphatic rings. The van der Waals surface area contributed by atoms with Crippen LogP contribution in [0.15, 0.2) is 24.3 Å². The summed E-state index contributed by atoms with van der Waals surface area (Å²) in [5.41, 5.74) is 11.3. The number of amides is 2. The molecule has 0 radical (unpaired) electrons. The highest BCUT2D eigenvalue weighted by molar-refractivity contribution is 5.90. The number of carboxylic acid groups (broad SMARTS) is 1. The number of primary amides is 1. The Morgan fingerprint density at radius 3 is 2.24 bits per heavy atom. The third kappa shape index (κ3) is 5.49. The molecule has 114 valence electrons. The van der Waals surface area contributed by atoms with E-state index in [0.717, 1.165) is 0 Å². The summed E-state index contributed by atoms with van der Waals surface area (Å²) < 4.78 is 0. The number of aliphatic carboxylic acids is 1. The van der Waals surface area contributed by atoms with Gasteiger partial charge in [-0.25, -0.2) is 4.79 Å². The Labute approximate surface area is 120 Å². The zero-order chi connectivity index (χ0) is 16.0. The second-order valence-corrected chi connectivity index (χ2v) is 4.55. The molecule has 1 rings (SSSR count). The topological polar surface area (TPSA) is 156 Å². The standard InChI is InChI=1S/C13H17N3O5/c14-9(5-7-1-3-8(17)4-2-7)12(19)16-10(13(20)21)6-11(15)18/h1-4,9-10,17H,5-6,14H2,(H2,15,18)(H,16,19)(H,20,21)/t9-,10?/m1/s1. The lowest BCUT2D eigenvalue weighted by atomic mass is 10.1. The largest absolute Gasteiger partial charge is 0.508 e. The van der Waals surface area contributed by atoms with Crippen molar-refractivity contribution in [2.45, 2.75) is 24.9 Å². The number of phenolic OH excluding ortho intramolecular Hbond substituents is 1. The molecule has 0 heterocycles. The van der Waals surface area contributed by atoms with Gasteiger partial charge >= 0.3 is 5.97 Å². The van der Waals surface area contributed by atoms with Gasteiger partial charge in [0.15, 0.2) is 0 Å². The lowest BCUT2D eigenvalue weighted by Crippen LogP contribution is -2.50. The molecule has 0 aliphatic heterocycles. The van der Waals surface area contributed by atoms with Crippen LogP contribution >= 0.6 is 0 Å². The summed E-state index contributed by atoms with van der Waals surface area (Å²) >= 11 is 0. The fourth-order valence-electron chi connectivity index (χ4n) is 1.66. The van der Waals surface area contributed by atoms with Crippen molar-refractivity contribution in [3.05, 3.63) is 29.8 Å². The number of carboxylic acids is 1. The lowest BCUT2D eigenvalue weighted by Gasteiger charge is -2.16. The van der Waals surface area contributed by atoms with Crippen LogP contribution in [0.2, 0.25) is 0 Å². The summed E-state index contributed by atoms with van der Waals surface area (Å²) in [6.07, 6.45) is -0.345. The molecule has 1 aromatic carbocycles. The molecular weight excluding hydrogens is 278 g/mol. The lowest BCUT2D eigenvalue weighted by molar-refractivity contribution is -0.143. The fraction of sp³-hybridized carbons (Fsp3) is 0.308. The van der Waals surface area contributed by atoms with Gasteiger partial charge in [0.05, 0.1) is 12.5 Å². The molecule has 0 aromatic heterocycles. The van der Waals surface area contributed by atoms with Crippen molar-refractivity contribution < 1.29 is 24.6 Å². The first kappa shape index (κ1) is 16.4. The number of hydrogen-bond acceptors (Lipinski definition) is 5. The maximum absolute atomic E-state index is 11.8. The average molecular weight is 295 g/mol. The number of rotatable bonds is 7. The number of aromatic hydroxyl groups is 1. The summed E-state index contributed by atoms with van der Waals surface area (Å²) in [5.74, 6) is -2.81. The maximum atomic E-state index is 11.8. The minimum Gasteiger partial charge on any atom is -0.508 e. The van der Waals surface area contributed by atoms with Crippen LogP contribution in [-0.4, -0.2) is 40.1 Å². The van der Waals surface area contributed by atoms with Gasteiger partial charge < -0.3 is 27.0 Å². The van der Waals surface area contributed by atoms with Gasteiger partial charge in [-0.2, -0.15) is 0 Å². The molecule has 0 saturated carbocycles. The second kappa shape index (κ2) is 7.25. The van der Waals surface area contributed by atoms with Crippen molar-refractivity contribution in [1.29, 1.82) is 0 Å². The summed E-state index contributed by atoms with van der Waals surface area (Å²) in [7, 11) is 0. The molecule has 0 spiro atoms. The summed E-state index contributed by atoms with van der Waals surface area (Å²) in [4.78, 5) is 33.4. The molecule has 8 heteroatoms. The normalized spacial score (nSPS) is 13.2. The molecule has 21 heavy (non-hydrogen) atoms. The second-order valence-electron chi connectivity index (χ2n) is 4.55. The highest BCUT2D eigenvalue weighted by Gasteiger charge is 2.24. The van der Waals surface area contributed by atoms with E-state index in [1.54, 1.807) is 12.1 Å². The van der Waals surface area contributed by atoms with Gasteiger partial charge in [-0.3, -0.25) is 9.59 Å². The van der Waals surface area contributed by atoms with Gasteiger partial charge in [0.25, 0.3) is 0 Å². The number of carbonyl (C=O) groups excluding carboxylic acids is 2. The summed E-state index contributed by atoms with van der Waals surface area (Å²) in [6.45, 7) is 0. The molecular formula is C13H17N3O5. The molecule has 0 aliphatic carbocycles. The predicted molar refractivity (Wildman–Crippen MR) is 73.2 cm³/mol. The molecule has 1 unspecified atom stereocenters. The van der Waals surface area contributed by atoms with E-state index in [1.807, 2.05) is 0 Å². The Morgan fingerprint density at radius 1 is 1.19 bits per heavy atom. The molecule has 0 fully saturated rings. The van der Waals surface area contributed by atoms with Crippen molar-refractivity contribution in [3.63, 3.8) is 0 Å². The number of nitrogens with one attached hydrogen (secondary N) is 1. The van der Waals surface area contributed by atoms with E-state index in [9.17, 15) is 14.4 Å². The minimum atomic E-state index is -1.40. The first-order chi connectivity index (χ1) is 9.79. The van der Waals surface area contributed by atoms with E-state index in [4.69, 9.17) is 21.7 Å². The Bertz CT molecular complexity index is 529. The highest BCUT2D eigenvalue weighted by atomic mass is 16.4. The van der Waals surface area contributed by atoms with Crippen LogP contribution in [-0.2, 0) is 20.8 Å². The van der Waals surface area contributed by atoms with Crippen LogP contribution in [0.5, 0.6) is 5.75 Å². The molecule has 2 atom stereocenters. The van der Waals surface area contributed by atoms with Crippen molar-refractivity contribution in [1.82, 2.24) is 5.32 Å². The van der Waals surface area contributed by atoms with E-state index in [-0.39, 0.29) is 12.2 Å². The molecule has 7 N–H and O–H groups in total. The zero-order valence-electron chi connectivity index (χ0n) is 11.2. The Kier molecular flexibility index (Phi) is 5.67. The number of hydrogen-bond donors (Lipinski definition) is 5. The molecule has 1 aromatic rings. The van der Waals surface area contributed by atoms with Gasteiger partial charge in [-0.1, -0.05) is 12.1 Å². The van der Waals surface area contributed by atoms with Gasteiger partial charge in [0.2, 0.25) is 11.8 Å². The fourth-order valence-corrected chi connectivity index (χ4v) is 1.66. The van der Waals surface area contributed by atoms with E-state index < -0.39 is 36.3 Å². The quantitative estimate of drug-likeness (QED) is 0.421. The predicted octanol–water partition coefficient (Wildman–Crippen LogP) is -1.29. The van der Waals surface area contributed by atoms with Gasteiger partial charge in [-0.15, -0.1) is 0 Å². The third-order valence-electron chi connectivity index (χ3n) is 2.75. The first-order valence-corrected chi connectivity index (χ1v) is 6.14. The Balaban J connectivity index is 2.62. The van der Waals surface area contributed by atoms with Crippen LogP contribution in [0.4, 0.5) is 0 Å². The average Bonchev–Trinajstić information content (AvgIpc) is 2.39. The van der Waals surface area contributed by atoms with E-state index >= 15 is 0 Å². The number of phenols is 1. The Hall–Kier alpha value is -2.61. The smallest absolute Gasteiger partial charge is 0.326 e. The van der Waals surface area contributed by atoms with E-state index in [2.05, 4.69) is 5.32 Å². The molecule has 0 bridgehead atoms. The van der Waals surface area contributed by atoms with Crippen molar-refractivity contribution >= 4 is 17.8 Å². The molecule has 0 saturated heterocycles.